The summed E-state index contributed by atoms with van der Waals surface area (Å²) in [7, 11) is 0. The summed E-state index contributed by atoms with van der Waals surface area (Å²) in [6.45, 7) is 0. The summed E-state index contributed by atoms with van der Waals surface area (Å²) in [4.78, 5) is 11.4. The molecule has 2 N–H and O–H groups in total. The second-order valence-corrected chi connectivity index (χ2v) is 5.33. The van der Waals surface area contributed by atoms with Gasteiger partial charge in [0.05, 0.1) is 15.5 Å². The van der Waals surface area contributed by atoms with Gasteiger partial charge in [0.2, 0.25) is 0 Å². The molecule has 0 aliphatic heterocycles. The summed E-state index contributed by atoms with van der Waals surface area (Å²) in [6.07, 6.45) is 1.62. The van der Waals surface area contributed by atoms with Gasteiger partial charge in [-0.25, -0.2) is 8.78 Å². The van der Waals surface area contributed by atoms with Gasteiger partial charge in [-0.05, 0) is 34.8 Å². The molecule has 0 saturated heterocycles. The van der Waals surface area contributed by atoms with Crippen LogP contribution in [-0.2, 0) is 10.2 Å². The number of hydrogen-bond acceptors (Lipinski definition) is 2. The van der Waals surface area contributed by atoms with Crippen molar-refractivity contribution < 1.29 is 23.8 Å². The van der Waals surface area contributed by atoms with E-state index in [1.165, 1.54) is 0 Å². The minimum atomic E-state index is -1.53. The highest BCUT2D eigenvalue weighted by Crippen LogP contribution is 2.47. The lowest BCUT2D eigenvalue weighted by atomic mass is 9.78. The molecule has 0 radical (unpaired) electrons. The molecule has 0 aromatic heterocycles. The Morgan fingerprint density at radius 3 is 2.39 bits per heavy atom. The van der Waals surface area contributed by atoms with Gasteiger partial charge in [-0.15, -0.1) is 0 Å². The van der Waals surface area contributed by atoms with Gasteiger partial charge < -0.3 is 10.2 Å². The molecule has 3 nitrogen and oxygen atoms in total. The van der Waals surface area contributed by atoms with Gasteiger partial charge in [-0.1, -0.05) is 12.8 Å². The van der Waals surface area contributed by atoms with E-state index in [-0.39, 0.29) is 17.3 Å². The van der Waals surface area contributed by atoms with Gasteiger partial charge >= 0.3 is 5.97 Å². The van der Waals surface area contributed by atoms with Crippen LogP contribution in [0.1, 0.15) is 31.2 Å². The van der Waals surface area contributed by atoms with E-state index in [1.807, 2.05) is 0 Å². The summed E-state index contributed by atoms with van der Waals surface area (Å²) >= 11 is 2.83. The molecular formula is C12H11BrF2O3. The van der Waals surface area contributed by atoms with Crippen molar-refractivity contribution in [3.05, 3.63) is 27.7 Å². The molecule has 6 heteroatoms. The maximum absolute atomic E-state index is 14.1. The first kappa shape index (κ1) is 13.3. The first-order valence-corrected chi connectivity index (χ1v) is 6.30. The standard InChI is InChI=1S/C12H11BrF2O3/c13-6-5-7(14)10(16)8(9(6)15)12(11(17)18)3-1-2-4-12/h5,16H,1-4H2,(H,17,18). The normalized spacial score (nSPS) is 17.9. The number of phenolic OH excluding ortho intramolecular Hbond substituents is 1. The minimum absolute atomic E-state index is 0.180. The van der Waals surface area contributed by atoms with Crippen LogP contribution in [0.3, 0.4) is 0 Å². The van der Waals surface area contributed by atoms with Gasteiger partial charge in [0.15, 0.2) is 11.6 Å². The van der Waals surface area contributed by atoms with Crippen LogP contribution in [0.25, 0.3) is 0 Å². The molecule has 0 unspecified atom stereocenters. The highest BCUT2D eigenvalue weighted by Gasteiger charge is 2.47. The quantitative estimate of drug-likeness (QED) is 0.822. The Balaban J connectivity index is 2.73. The number of phenols is 1. The monoisotopic (exact) mass is 320 g/mol. The van der Waals surface area contributed by atoms with Crippen LogP contribution in [0.4, 0.5) is 8.78 Å². The van der Waals surface area contributed by atoms with Crippen LogP contribution in [0.5, 0.6) is 5.75 Å². The maximum Gasteiger partial charge on any atom is 0.314 e. The van der Waals surface area contributed by atoms with Crippen LogP contribution < -0.4 is 0 Å². The van der Waals surface area contributed by atoms with E-state index in [0.29, 0.717) is 12.8 Å². The molecule has 0 amide bonds. The average Bonchev–Trinajstić information content (AvgIpc) is 2.77. The molecule has 98 valence electrons. The Labute approximate surface area is 111 Å². The van der Waals surface area contributed by atoms with E-state index in [4.69, 9.17) is 0 Å². The summed E-state index contributed by atoms with van der Waals surface area (Å²) in [5, 5.41) is 19.0. The SMILES string of the molecule is O=C(O)C1(c2c(O)c(F)cc(Br)c2F)CCCC1. The Bertz CT molecular complexity index is 484. The van der Waals surface area contributed by atoms with Crippen molar-refractivity contribution in [3.8, 4) is 5.75 Å². The molecule has 1 aromatic rings. The fraction of sp³-hybridized carbons (Fsp3) is 0.417. The van der Waals surface area contributed by atoms with Crippen LogP contribution >= 0.6 is 15.9 Å². The summed E-state index contributed by atoms with van der Waals surface area (Å²) in [5.41, 5.74) is -1.97. The molecule has 0 atom stereocenters. The second kappa shape index (κ2) is 4.50. The molecule has 0 heterocycles. The first-order valence-electron chi connectivity index (χ1n) is 5.50. The van der Waals surface area contributed by atoms with Gasteiger partial charge in [0.1, 0.15) is 5.82 Å². The van der Waals surface area contributed by atoms with Gasteiger partial charge in [-0.3, -0.25) is 4.79 Å². The molecular weight excluding hydrogens is 310 g/mol. The van der Waals surface area contributed by atoms with Crippen molar-refractivity contribution in [3.63, 3.8) is 0 Å². The lowest BCUT2D eigenvalue weighted by Gasteiger charge is -2.26. The number of carbonyl (C=O) groups is 1. The molecule has 1 saturated carbocycles. The van der Waals surface area contributed by atoms with Crippen LogP contribution in [0.2, 0.25) is 0 Å². The molecule has 1 fully saturated rings. The number of aliphatic carboxylic acids is 1. The highest BCUT2D eigenvalue weighted by molar-refractivity contribution is 9.10. The molecule has 1 aliphatic carbocycles. The summed E-state index contributed by atoms with van der Waals surface area (Å²) in [6, 6.07) is 0.790. The van der Waals surface area contributed by atoms with Crippen molar-refractivity contribution in [2.75, 3.05) is 0 Å². The van der Waals surface area contributed by atoms with E-state index in [1.54, 1.807) is 0 Å². The van der Waals surface area contributed by atoms with Gasteiger partial charge in [-0.2, -0.15) is 0 Å². The number of carboxylic acid groups (broad SMARTS) is 1. The third-order valence-electron chi connectivity index (χ3n) is 3.49. The molecule has 1 aliphatic rings. The number of halogens is 3. The Kier molecular flexibility index (Phi) is 3.31. The Morgan fingerprint density at radius 1 is 1.33 bits per heavy atom. The average molecular weight is 321 g/mol. The van der Waals surface area contributed by atoms with E-state index in [9.17, 15) is 23.8 Å². The zero-order chi connectivity index (χ0) is 13.5. The predicted octanol–water partition coefficient (Wildman–Crippen LogP) is 3.33. The number of carboxylic acids is 1. The summed E-state index contributed by atoms with van der Waals surface area (Å²) in [5.74, 6) is -4.06. The zero-order valence-corrected chi connectivity index (χ0v) is 10.9. The predicted molar refractivity (Wildman–Crippen MR) is 63.5 cm³/mol. The van der Waals surface area contributed by atoms with Crippen molar-refractivity contribution in [1.29, 1.82) is 0 Å². The van der Waals surface area contributed by atoms with Crippen molar-refractivity contribution >= 4 is 21.9 Å². The minimum Gasteiger partial charge on any atom is -0.505 e. The molecule has 1 aromatic carbocycles. The van der Waals surface area contributed by atoms with Crippen molar-refractivity contribution in [2.24, 2.45) is 0 Å². The first-order chi connectivity index (χ1) is 8.40. The highest BCUT2D eigenvalue weighted by atomic mass is 79.9. The summed E-state index contributed by atoms with van der Waals surface area (Å²) < 4.78 is 27.3. The van der Waals surface area contributed by atoms with E-state index in [2.05, 4.69) is 15.9 Å². The maximum atomic E-state index is 14.1. The largest absolute Gasteiger partial charge is 0.505 e. The van der Waals surface area contributed by atoms with E-state index < -0.39 is 34.3 Å². The molecule has 18 heavy (non-hydrogen) atoms. The number of benzene rings is 1. The topological polar surface area (TPSA) is 57.5 Å². The third kappa shape index (κ3) is 1.79. The van der Waals surface area contributed by atoms with Crippen LogP contribution in [0.15, 0.2) is 10.5 Å². The number of hydrogen-bond donors (Lipinski definition) is 2. The Morgan fingerprint density at radius 2 is 1.89 bits per heavy atom. The molecule has 0 spiro atoms. The smallest absolute Gasteiger partial charge is 0.314 e. The molecule has 0 bridgehead atoms. The van der Waals surface area contributed by atoms with E-state index in [0.717, 1.165) is 6.07 Å². The number of aromatic hydroxyl groups is 1. The Hall–Kier alpha value is -1.17. The fourth-order valence-corrected chi connectivity index (χ4v) is 2.97. The lowest BCUT2D eigenvalue weighted by molar-refractivity contribution is -0.143. The zero-order valence-electron chi connectivity index (χ0n) is 9.34. The van der Waals surface area contributed by atoms with Crippen molar-refractivity contribution in [1.82, 2.24) is 0 Å². The van der Waals surface area contributed by atoms with Crippen LogP contribution in [-0.4, -0.2) is 16.2 Å². The lowest BCUT2D eigenvalue weighted by Crippen LogP contribution is -2.34. The van der Waals surface area contributed by atoms with Crippen molar-refractivity contribution in [2.45, 2.75) is 31.1 Å². The number of rotatable bonds is 2. The van der Waals surface area contributed by atoms with Gasteiger partial charge in [0, 0.05) is 0 Å². The third-order valence-corrected chi connectivity index (χ3v) is 4.07. The fourth-order valence-electron chi connectivity index (χ4n) is 2.57. The van der Waals surface area contributed by atoms with Gasteiger partial charge in [0.25, 0.3) is 0 Å². The molecule has 2 rings (SSSR count). The van der Waals surface area contributed by atoms with Crippen LogP contribution in [0, 0.1) is 11.6 Å². The van der Waals surface area contributed by atoms with E-state index >= 15 is 0 Å². The second-order valence-electron chi connectivity index (χ2n) is 4.47.